The van der Waals surface area contributed by atoms with Gasteiger partial charge in [-0.3, -0.25) is 0 Å². The second kappa shape index (κ2) is 9.23. The average Bonchev–Trinajstić information content (AvgIpc) is 3.26. The van der Waals surface area contributed by atoms with E-state index in [-0.39, 0.29) is 17.4 Å². The van der Waals surface area contributed by atoms with Gasteiger partial charge in [0.1, 0.15) is 0 Å². The molecule has 0 aromatic rings. The van der Waals surface area contributed by atoms with Crippen LogP contribution in [0.25, 0.3) is 0 Å². The van der Waals surface area contributed by atoms with E-state index in [2.05, 4.69) is 99.6 Å². The Morgan fingerprint density at radius 3 is 1.28 bits per heavy atom. The van der Waals surface area contributed by atoms with Crippen molar-refractivity contribution in [1.82, 2.24) is 0 Å². The Balaban J connectivity index is 0.000000173. The summed E-state index contributed by atoms with van der Waals surface area (Å²) < 4.78 is 0. The van der Waals surface area contributed by atoms with Gasteiger partial charge < -0.3 is 0 Å². The van der Waals surface area contributed by atoms with E-state index >= 15 is 0 Å². The fourth-order valence-electron chi connectivity index (χ4n) is 2.75. The first-order valence-electron chi connectivity index (χ1n) is 8.30. The molecule has 0 saturated heterocycles. The first-order valence-corrected chi connectivity index (χ1v) is 8.30. The summed E-state index contributed by atoms with van der Waals surface area (Å²) in [6.07, 6.45) is 33.9. The molecule has 0 N–H and O–H groups in total. The van der Waals surface area contributed by atoms with Crippen LogP contribution in [0.1, 0.15) is 13.8 Å². The predicted molar refractivity (Wildman–Crippen MR) is 105 cm³/mol. The Bertz CT molecular complexity index is 742. The molecule has 0 saturated carbocycles. The third-order valence-corrected chi connectivity index (χ3v) is 4.03. The van der Waals surface area contributed by atoms with Crippen molar-refractivity contribution in [3.05, 3.63) is 131 Å². The second-order valence-corrected chi connectivity index (χ2v) is 6.09. The van der Waals surface area contributed by atoms with Crippen molar-refractivity contribution in [2.75, 3.05) is 0 Å². The molecule has 0 fully saturated rings. The topological polar surface area (TPSA) is 0 Å². The molecule has 0 unspecified atom stereocenters. The molecule has 0 aliphatic heterocycles. The molecule has 0 bridgehead atoms. The van der Waals surface area contributed by atoms with E-state index in [0.717, 1.165) is 0 Å². The van der Waals surface area contributed by atoms with E-state index in [1.165, 1.54) is 33.4 Å². The molecule has 0 heterocycles. The molecule has 124 valence electrons. The number of allylic oxidation sites excluding steroid dienone is 20. The Morgan fingerprint density at radius 2 is 1.00 bits per heavy atom. The summed E-state index contributed by atoms with van der Waals surface area (Å²) in [7, 11) is 0. The zero-order chi connectivity index (χ0) is 16.8. The van der Waals surface area contributed by atoms with Crippen LogP contribution in [0, 0.1) is 12.8 Å². The molecule has 0 nitrogen and oxygen atoms in total. The summed E-state index contributed by atoms with van der Waals surface area (Å²) in [6, 6.07) is 0. The summed E-state index contributed by atoms with van der Waals surface area (Å²) in [5, 5.41) is 0. The van der Waals surface area contributed by atoms with Crippen molar-refractivity contribution >= 4 is 0 Å². The van der Waals surface area contributed by atoms with Crippen LogP contribution in [-0.2, 0) is 17.4 Å². The fraction of sp³-hybridized carbons (Fsp3) is 0.0833. The Hall–Kier alpha value is -2.33. The van der Waals surface area contributed by atoms with E-state index in [9.17, 15) is 0 Å². The van der Waals surface area contributed by atoms with Crippen LogP contribution in [0.4, 0.5) is 0 Å². The molecule has 4 rings (SSSR count). The zero-order valence-corrected chi connectivity index (χ0v) is 15.9. The smallest absolute Gasteiger partial charge is 0.145 e. The van der Waals surface area contributed by atoms with E-state index in [0.29, 0.717) is 0 Å². The minimum atomic E-state index is 0. The van der Waals surface area contributed by atoms with Gasteiger partial charge >= 0.3 is 17.4 Å². The van der Waals surface area contributed by atoms with Crippen LogP contribution in [0.15, 0.2) is 119 Å². The summed E-state index contributed by atoms with van der Waals surface area (Å²) in [4.78, 5) is 0. The van der Waals surface area contributed by atoms with Gasteiger partial charge in [0, 0.05) is 0 Å². The molecule has 0 aromatic heterocycles. The van der Waals surface area contributed by atoms with Crippen LogP contribution >= 0.6 is 0 Å². The number of hydrogen-bond donors (Lipinski definition) is 0. The van der Waals surface area contributed by atoms with Crippen LogP contribution in [0.3, 0.4) is 0 Å². The van der Waals surface area contributed by atoms with Gasteiger partial charge in [-0.2, -0.15) is 0 Å². The summed E-state index contributed by atoms with van der Waals surface area (Å²) >= 11 is 0. The molecule has 4 aliphatic rings. The van der Waals surface area contributed by atoms with Crippen molar-refractivity contribution in [3.63, 3.8) is 0 Å². The molecule has 0 spiro atoms. The van der Waals surface area contributed by atoms with Gasteiger partial charge in [-0.05, 0) is 13.8 Å². The SMILES string of the molecule is CC1=CC(=C2C=CC=C[CH-]2)C=C1.CC1=CC(=C2C=CC=C[CH-]2)C=C1.[Cr+2]. The average molecular weight is 362 g/mol. The molecule has 0 atom stereocenters. The monoisotopic (exact) mass is 362 g/mol. The number of rotatable bonds is 0. The minimum Gasteiger partial charge on any atom is -0.145 e. The van der Waals surface area contributed by atoms with Crippen molar-refractivity contribution < 1.29 is 17.4 Å². The zero-order valence-electron chi connectivity index (χ0n) is 14.6. The fourth-order valence-corrected chi connectivity index (χ4v) is 2.75. The van der Waals surface area contributed by atoms with Gasteiger partial charge in [-0.25, -0.2) is 0 Å². The van der Waals surface area contributed by atoms with Gasteiger partial charge in [-0.15, -0.1) is 72.6 Å². The van der Waals surface area contributed by atoms with Gasteiger partial charge in [0.25, 0.3) is 0 Å². The van der Waals surface area contributed by atoms with Crippen molar-refractivity contribution in [3.8, 4) is 0 Å². The van der Waals surface area contributed by atoms with Crippen molar-refractivity contribution in [2.24, 2.45) is 0 Å². The van der Waals surface area contributed by atoms with E-state index < -0.39 is 0 Å². The van der Waals surface area contributed by atoms with Gasteiger partial charge in [0.15, 0.2) is 0 Å². The molecular weight excluding hydrogens is 340 g/mol. The Morgan fingerprint density at radius 1 is 0.560 bits per heavy atom. The van der Waals surface area contributed by atoms with Crippen LogP contribution in [0.2, 0.25) is 0 Å². The van der Waals surface area contributed by atoms with E-state index in [1.807, 2.05) is 12.2 Å². The largest absolute Gasteiger partial charge is 2.00 e. The normalized spacial score (nSPS) is 24.9. The van der Waals surface area contributed by atoms with Crippen molar-refractivity contribution in [2.45, 2.75) is 13.8 Å². The molecule has 25 heavy (non-hydrogen) atoms. The van der Waals surface area contributed by atoms with Crippen LogP contribution in [0.5, 0.6) is 0 Å². The molecule has 0 aromatic carbocycles. The predicted octanol–water partition coefficient (Wildman–Crippen LogP) is 6.26. The van der Waals surface area contributed by atoms with Crippen LogP contribution in [-0.4, -0.2) is 0 Å². The molecule has 4 aliphatic carbocycles. The molecule has 0 radical (unpaired) electrons. The third-order valence-electron chi connectivity index (χ3n) is 4.03. The maximum atomic E-state index is 2.20. The number of hydrogen-bond acceptors (Lipinski definition) is 0. The van der Waals surface area contributed by atoms with Crippen molar-refractivity contribution in [1.29, 1.82) is 0 Å². The van der Waals surface area contributed by atoms with Gasteiger partial charge in [0.05, 0.1) is 0 Å². The maximum Gasteiger partial charge on any atom is 2.00 e. The quantitative estimate of drug-likeness (QED) is 0.446. The maximum absolute atomic E-state index is 2.20. The second-order valence-electron chi connectivity index (χ2n) is 6.09. The molecule has 0 amide bonds. The van der Waals surface area contributed by atoms with E-state index in [4.69, 9.17) is 0 Å². The summed E-state index contributed by atoms with van der Waals surface area (Å²) in [6.45, 7) is 4.24. The Labute approximate surface area is 162 Å². The van der Waals surface area contributed by atoms with Gasteiger partial charge in [0.2, 0.25) is 0 Å². The first kappa shape index (κ1) is 19.0. The standard InChI is InChI=1S/2C12H11.Cr/c2*1-10-7-8-12(9-10)11-5-3-2-4-6-11;/h2*2-9H,1H3;/q2*-1;+2. The van der Waals surface area contributed by atoms with Gasteiger partial charge in [-0.1, -0.05) is 58.7 Å². The summed E-state index contributed by atoms with van der Waals surface area (Å²) in [5.74, 6) is 0. The molecule has 1 heteroatoms. The van der Waals surface area contributed by atoms with E-state index in [1.54, 1.807) is 0 Å². The summed E-state index contributed by atoms with van der Waals surface area (Å²) in [5.41, 5.74) is 7.88. The third kappa shape index (κ3) is 5.33. The first-order chi connectivity index (χ1) is 11.7. The minimum absolute atomic E-state index is 0. The Kier molecular flexibility index (Phi) is 7.02. The molecular formula is C24H22Cr. The van der Waals surface area contributed by atoms with Crippen LogP contribution < -0.4 is 0 Å².